The van der Waals surface area contributed by atoms with E-state index in [-0.39, 0.29) is 5.75 Å². The largest absolute Gasteiger partial charge is 0.453 e. The van der Waals surface area contributed by atoms with Crippen molar-refractivity contribution in [3.63, 3.8) is 0 Å². The molecule has 0 unspecified atom stereocenters. The van der Waals surface area contributed by atoms with Gasteiger partial charge in [0.15, 0.2) is 11.6 Å². The number of ether oxygens (including phenoxy) is 1. The lowest BCUT2D eigenvalue weighted by atomic mass is 10.2. The lowest BCUT2D eigenvalue weighted by molar-refractivity contribution is 0.441. The second-order valence-electron chi connectivity index (χ2n) is 4.40. The molecule has 0 fully saturated rings. The summed E-state index contributed by atoms with van der Waals surface area (Å²) in [6, 6.07) is 8.01. The summed E-state index contributed by atoms with van der Waals surface area (Å²) in [4.78, 5) is 0. The van der Waals surface area contributed by atoms with E-state index in [4.69, 9.17) is 10.5 Å². The molecular formula is C14H11BrFN3O. The Morgan fingerprint density at radius 1 is 1.25 bits per heavy atom. The third-order valence-electron chi connectivity index (χ3n) is 2.98. The first-order chi connectivity index (χ1) is 9.54. The molecule has 3 aromatic rings. The van der Waals surface area contributed by atoms with Crippen LogP contribution in [0.5, 0.6) is 11.5 Å². The molecule has 0 aliphatic rings. The molecule has 6 heteroatoms. The summed E-state index contributed by atoms with van der Waals surface area (Å²) in [6.45, 7) is 0. The van der Waals surface area contributed by atoms with Crippen LogP contribution in [0.4, 0.5) is 10.1 Å². The van der Waals surface area contributed by atoms with Gasteiger partial charge in [0.2, 0.25) is 0 Å². The minimum absolute atomic E-state index is 0.128. The highest BCUT2D eigenvalue weighted by Crippen LogP contribution is 2.34. The van der Waals surface area contributed by atoms with Gasteiger partial charge in [-0.05, 0) is 40.2 Å². The molecular weight excluding hydrogens is 325 g/mol. The van der Waals surface area contributed by atoms with Crippen molar-refractivity contribution in [1.82, 2.24) is 9.78 Å². The van der Waals surface area contributed by atoms with Gasteiger partial charge in [-0.1, -0.05) is 0 Å². The van der Waals surface area contributed by atoms with Gasteiger partial charge in [0.25, 0.3) is 0 Å². The Morgan fingerprint density at radius 3 is 2.80 bits per heavy atom. The van der Waals surface area contributed by atoms with E-state index in [1.165, 1.54) is 12.1 Å². The van der Waals surface area contributed by atoms with Gasteiger partial charge in [-0.25, -0.2) is 4.39 Å². The molecule has 0 saturated carbocycles. The molecule has 102 valence electrons. The maximum absolute atomic E-state index is 13.7. The van der Waals surface area contributed by atoms with Gasteiger partial charge in [-0.3, -0.25) is 4.68 Å². The van der Waals surface area contributed by atoms with Crippen LogP contribution in [0, 0.1) is 5.82 Å². The van der Waals surface area contributed by atoms with Gasteiger partial charge < -0.3 is 10.5 Å². The Morgan fingerprint density at radius 2 is 2.05 bits per heavy atom. The van der Waals surface area contributed by atoms with Gasteiger partial charge >= 0.3 is 0 Å². The minimum atomic E-state index is -0.497. The number of aryl methyl sites for hydroxylation is 1. The van der Waals surface area contributed by atoms with E-state index < -0.39 is 5.82 Å². The van der Waals surface area contributed by atoms with E-state index in [9.17, 15) is 4.39 Å². The summed E-state index contributed by atoms with van der Waals surface area (Å²) >= 11 is 3.42. The van der Waals surface area contributed by atoms with Crippen molar-refractivity contribution in [1.29, 1.82) is 0 Å². The van der Waals surface area contributed by atoms with Gasteiger partial charge in [0.05, 0.1) is 16.2 Å². The number of hydrogen-bond acceptors (Lipinski definition) is 3. The van der Waals surface area contributed by atoms with Crippen molar-refractivity contribution in [3.05, 3.63) is 46.8 Å². The SMILES string of the molecule is Cn1ncc2cc(Oc3ccc(N)cc3F)c(Br)cc21. The van der Waals surface area contributed by atoms with Gasteiger partial charge in [0, 0.05) is 24.2 Å². The molecule has 0 atom stereocenters. The summed E-state index contributed by atoms with van der Waals surface area (Å²) in [7, 11) is 1.86. The monoisotopic (exact) mass is 335 g/mol. The number of nitrogens with two attached hydrogens (primary N) is 1. The minimum Gasteiger partial charge on any atom is -0.453 e. The first-order valence-corrected chi connectivity index (χ1v) is 6.68. The molecule has 0 aliphatic carbocycles. The van der Waals surface area contributed by atoms with Gasteiger partial charge in [-0.2, -0.15) is 5.10 Å². The predicted molar refractivity (Wildman–Crippen MR) is 79.3 cm³/mol. The van der Waals surface area contributed by atoms with E-state index in [1.54, 1.807) is 16.9 Å². The topological polar surface area (TPSA) is 53.1 Å². The van der Waals surface area contributed by atoms with E-state index >= 15 is 0 Å². The third kappa shape index (κ3) is 2.22. The number of halogens is 2. The van der Waals surface area contributed by atoms with E-state index in [0.29, 0.717) is 11.4 Å². The number of rotatable bonds is 2. The Hall–Kier alpha value is -2.08. The Kier molecular flexibility index (Phi) is 3.10. The standard InChI is InChI=1S/C14H11BrFN3O/c1-19-12-6-10(15)14(4-8(12)7-18-19)20-13-3-2-9(17)5-11(13)16/h2-7H,17H2,1H3. The van der Waals surface area contributed by atoms with Crippen molar-refractivity contribution in [2.75, 3.05) is 5.73 Å². The highest BCUT2D eigenvalue weighted by Gasteiger charge is 2.11. The first-order valence-electron chi connectivity index (χ1n) is 5.89. The Labute approximate surface area is 123 Å². The molecule has 0 radical (unpaired) electrons. The normalized spacial score (nSPS) is 10.9. The number of hydrogen-bond donors (Lipinski definition) is 1. The smallest absolute Gasteiger partial charge is 0.167 e. The van der Waals surface area contributed by atoms with Crippen molar-refractivity contribution in [3.8, 4) is 11.5 Å². The molecule has 1 heterocycles. The molecule has 2 aromatic carbocycles. The fourth-order valence-electron chi connectivity index (χ4n) is 1.95. The predicted octanol–water partition coefficient (Wildman–Crippen LogP) is 3.85. The maximum Gasteiger partial charge on any atom is 0.167 e. The fraction of sp³-hybridized carbons (Fsp3) is 0.0714. The molecule has 3 rings (SSSR count). The van der Waals surface area contributed by atoms with E-state index in [2.05, 4.69) is 21.0 Å². The first kappa shape index (κ1) is 12.9. The van der Waals surface area contributed by atoms with Crippen LogP contribution in [0.2, 0.25) is 0 Å². The van der Waals surface area contributed by atoms with E-state index in [0.717, 1.165) is 15.4 Å². The number of fused-ring (bicyclic) bond motifs is 1. The quantitative estimate of drug-likeness (QED) is 0.723. The lowest BCUT2D eigenvalue weighted by Gasteiger charge is -2.09. The van der Waals surface area contributed by atoms with Crippen molar-refractivity contribution < 1.29 is 9.13 Å². The van der Waals surface area contributed by atoms with Crippen molar-refractivity contribution in [2.45, 2.75) is 0 Å². The summed E-state index contributed by atoms with van der Waals surface area (Å²) < 4.78 is 21.8. The zero-order chi connectivity index (χ0) is 14.3. The van der Waals surface area contributed by atoms with Crippen LogP contribution < -0.4 is 10.5 Å². The average Bonchev–Trinajstić information content (AvgIpc) is 2.74. The number of nitrogens with zero attached hydrogens (tertiary/aromatic N) is 2. The molecule has 4 nitrogen and oxygen atoms in total. The number of aromatic nitrogens is 2. The molecule has 0 aliphatic heterocycles. The molecule has 2 N–H and O–H groups in total. The van der Waals surface area contributed by atoms with Crippen LogP contribution >= 0.6 is 15.9 Å². The van der Waals surface area contributed by atoms with Crippen LogP contribution in [0.25, 0.3) is 10.9 Å². The lowest BCUT2D eigenvalue weighted by Crippen LogP contribution is -1.93. The fourth-order valence-corrected chi connectivity index (χ4v) is 2.36. The van der Waals surface area contributed by atoms with Crippen LogP contribution in [0.15, 0.2) is 41.0 Å². The van der Waals surface area contributed by atoms with Crippen molar-refractivity contribution >= 4 is 32.5 Å². The Balaban J connectivity index is 2.03. The summed E-state index contributed by atoms with van der Waals surface area (Å²) in [5, 5.41) is 5.08. The zero-order valence-corrected chi connectivity index (χ0v) is 12.2. The Bertz CT molecular complexity index is 800. The zero-order valence-electron chi connectivity index (χ0n) is 10.6. The van der Waals surface area contributed by atoms with Crippen molar-refractivity contribution in [2.24, 2.45) is 7.05 Å². The number of anilines is 1. The molecule has 20 heavy (non-hydrogen) atoms. The van der Waals surface area contributed by atoms with Crippen LogP contribution in [-0.4, -0.2) is 9.78 Å². The van der Waals surface area contributed by atoms with Crippen LogP contribution in [0.3, 0.4) is 0 Å². The van der Waals surface area contributed by atoms with Crippen LogP contribution in [0.1, 0.15) is 0 Å². The second-order valence-corrected chi connectivity index (χ2v) is 5.26. The highest BCUT2D eigenvalue weighted by atomic mass is 79.9. The second kappa shape index (κ2) is 4.79. The third-order valence-corrected chi connectivity index (χ3v) is 3.60. The average molecular weight is 336 g/mol. The highest BCUT2D eigenvalue weighted by molar-refractivity contribution is 9.10. The maximum atomic E-state index is 13.7. The summed E-state index contributed by atoms with van der Waals surface area (Å²) in [6.07, 6.45) is 1.73. The van der Waals surface area contributed by atoms with E-state index in [1.807, 2.05) is 19.2 Å². The summed E-state index contributed by atoms with van der Waals surface area (Å²) in [5.74, 6) is 0.153. The molecule has 0 saturated heterocycles. The number of benzene rings is 2. The molecule has 0 spiro atoms. The van der Waals surface area contributed by atoms with Gasteiger partial charge in [-0.15, -0.1) is 0 Å². The molecule has 0 amide bonds. The molecule has 0 bridgehead atoms. The van der Waals surface area contributed by atoms with Gasteiger partial charge in [0.1, 0.15) is 5.75 Å². The van der Waals surface area contributed by atoms with Crippen LogP contribution in [-0.2, 0) is 7.05 Å². The summed E-state index contributed by atoms with van der Waals surface area (Å²) in [5.41, 5.74) is 6.83. The molecule has 1 aromatic heterocycles. The number of nitrogen functional groups attached to an aromatic ring is 1.